The van der Waals surface area contributed by atoms with E-state index in [1.807, 2.05) is 6.07 Å². The topological polar surface area (TPSA) is 50.1 Å². The highest BCUT2D eigenvalue weighted by atomic mass is 19.3. The molecule has 3 nitrogen and oxygen atoms in total. The number of nitriles is 1. The molecule has 0 heterocycles. The molecule has 16 heavy (non-hydrogen) atoms. The molecule has 0 amide bonds. The molecule has 0 fully saturated rings. The number of benzene rings is 1. The van der Waals surface area contributed by atoms with Gasteiger partial charge >= 0.3 is 6.61 Å². The third kappa shape index (κ3) is 3.31. The van der Waals surface area contributed by atoms with Crippen LogP contribution in [0.2, 0.25) is 0 Å². The van der Waals surface area contributed by atoms with Gasteiger partial charge in [0, 0.05) is 6.42 Å². The second kappa shape index (κ2) is 5.81. The van der Waals surface area contributed by atoms with Crippen LogP contribution in [0.4, 0.5) is 8.78 Å². The van der Waals surface area contributed by atoms with Gasteiger partial charge in [-0.05, 0) is 30.2 Å². The zero-order valence-corrected chi connectivity index (χ0v) is 8.32. The molecule has 0 radical (unpaired) electrons. The van der Waals surface area contributed by atoms with Crippen molar-refractivity contribution in [3.05, 3.63) is 29.3 Å². The Morgan fingerprint density at radius 3 is 2.81 bits per heavy atom. The standard InChI is InChI=1S/C11H9F2NO2/c12-11(13)16-10-4-3-8(7-14)6-9(10)2-1-5-15/h3-6,11H,1-2H2. The van der Waals surface area contributed by atoms with Gasteiger partial charge in [-0.25, -0.2) is 0 Å². The van der Waals surface area contributed by atoms with Crippen LogP contribution in [0, 0.1) is 11.3 Å². The Morgan fingerprint density at radius 2 is 2.25 bits per heavy atom. The van der Waals surface area contributed by atoms with Gasteiger partial charge in [0.25, 0.3) is 0 Å². The monoisotopic (exact) mass is 225 g/mol. The van der Waals surface area contributed by atoms with Gasteiger partial charge in [-0.2, -0.15) is 14.0 Å². The predicted octanol–water partition coefficient (Wildman–Crippen LogP) is 2.29. The highest BCUT2D eigenvalue weighted by molar-refractivity contribution is 5.51. The summed E-state index contributed by atoms with van der Waals surface area (Å²) in [5.41, 5.74) is 0.786. The van der Waals surface area contributed by atoms with Crippen molar-refractivity contribution in [1.82, 2.24) is 0 Å². The minimum absolute atomic E-state index is 0.0100. The minimum atomic E-state index is -2.91. The van der Waals surface area contributed by atoms with E-state index >= 15 is 0 Å². The Hall–Kier alpha value is -1.96. The lowest BCUT2D eigenvalue weighted by atomic mass is 10.1. The molecule has 1 aromatic carbocycles. The van der Waals surface area contributed by atoms with Crippen molar-refractivity contribution in [3.63, 3.8) is 0 Å². The molecule has 0 aliphatic rings. The average Bonchev–Trinajstić information content (AvgIpc) is 2.27. The van der Waals surface area contributed by atoms with E-state index in [-0.39, 0.29) is 18.6 Å². The molecule has 0 bridgehead atoms. The molecule has 84 valence electrons. The van der Waals surface area contributed by atoms with Crippen LogP contribution < -0.4 is 4.74 Å². The smallest absolute Gasteiger partial charge is 0.387 e. The third-order valence-corrected chi connectivity index (χ3v) is 1.94. The number of alkyl halides is 2. The van der Waals surface area contributed by atoms with Gasteiger partial charge < -0.3 is 9.53 Å². The van der Waals surface area contributed by atoms with E-state index in [0.717, 1.165) is 0 Å². The van der Waals surface area contributed by atoms with Crippen LogP contribution in [0.5, 0.6) is 5.75 Å². The number of carbonyl (C=O) groups is 1. The summed E-state index contributed by atoms with van der Waals surface area (Å²) < 4.78 is 28.4. The fourth-order valence-corrected chi connectivity index (χ4v) is 1.27. The van der Waals surface area contributed by atoms with E-state index in [4.69, 9.17) is 5.26 Å². The number of carbonyl (C=O) groups excluding carboxylic acids is 1. The lowest BCUT2D eigenvalue weighted by Gasteiger charge is -2.09. The first-order valence-electron chi connectivity index (χ1n) is 4.59. The van der Waals surface area contributed by atoms with E-state index in [1.165, 1.54) is 18.2 Å². The first-order valence-corrected chi connectivity index (χ1v) is 4.59. The molecule has 0 N–H and O–H groups in total. The summed E-state index contributed by atoms with van der Waals surface area (Å²) in [5.74, 6) is 0.0100. The van der Waals surface area contributed by atoms with Crippen LogP contribution in [0.1, 0.15) is 17.5 Å². The van der Waals surface area contributed by atoms with Crippen LogP contribution in [0.25, 0.3) is 0 Å². The van der Waals surface area contributed by atoms with Gasteiger partial charge in [0.1, 0.15) is 12.0 Å². The Kier molecular flexibility index (Phi) is 4.40. The Bertz CT molecular complexity index is 413. The number of ether oxygens (including phenoxy) is 1. The fraction of sp³-hybridized carbons (Fsp3) is 0.273. The molecule has 0 unspecified atom stereocenters. The number of aldehydes is 1. The largest absolute Gasteiger partial charge is 0.435 e. The van der Waals surface area contributed by atoms with E-state index < -0.39 is 6.61 Å². The van der Waals surface area contributed by atoms with Gasteiger partial charge in [-0.3, -0.25) is 0 Å². The second-order valence-corrected chi connectivity index (χ2v) is 3.02. The Morgan fingerprint density at radius 1 is 1.50 bits per heavy atom. The number of rotatable bonds is 5. The highest BCUT2D eigenvalue weighted by Gasteiger charge is 2.10. The zero-order valence-electron chi connectivity index (χ0n) is 8.32. The average molecular weight is 225 g/mol. The summed E-state index contributed by atoms with van der Waals surface area (Å²) in [7, 11) is 0. The Labute approximate surface area is 91.3 Å². The normalized spacial score (nSPS) is 9.88. The summed E-state index contributed by atoms with van der Waals surface area (Å²) in [6, 6.07) is 6.04. The molecule has 5 heteroatoms. The van der Waals surface area contributed by atoms with Crippen molar-refractivity contribution in [2.45, 2.75) is 19.5 Å². The van der Waals surface area contributed by atoms with Crippen LogP contribution >= 0.6 is 0 Å². The number of hydrogen-bond acceptors (Lipinski definition) is 3. The Balaban J connectivity index is 2.96. The van der Waals surface area contributed by atoms with Crippen LogP contribution in [0.15, 0.2) is 18.2 Å². The molecule has 1 aromatic rings. The predicted molar refractivity (Wildman–Crippen MR) is 52.2 cm³/mol. The number of hydrogen-bond donors (Lipinski definition) is 0. The van der Waals surface area contributed by atoms with E-state index in [0.29, 0.717) is 17.4 Å². The minimum Gasteiger partial charge on any atom is -0.435 e. The third-order valence-electron chi connectivity index (χ3n) is 1.94. The first kappa shape index (κ1) is 12.1. The van der Waals surface area contributed by atoms with Gasteiger partial charge in [-0.15, -0.1) is 0 Å². The summed E-state index contributed by atoms with van der Waals surface area (Å²) in [5, 5.41) is 8.65. The molecule has 0 aromatic heterocycles. The summed E-state index contributed by atoms with van der Waals surface area (Å²) in [4.78, 5) is 10.2. The maximum atomic E-state index is 12.0. The van der Waals surface area contributed by atoms with E-state index in [9.17, 15) is 13.6 Å². The van der Waals surface area contributed by atoms with Gasteiger partial charge in [0.2, 0.25) is 0 Å². The van der Waals surface area contributed by atoms with Crippen LogP contribution in [-0.2, 0) is 11.2 Å². The summed E-state index contributed by atoms with van der Waals surface area (Å²) >= 11 is 0. The molecule has 0 spiro atoms. The van der Waals surface area contributed by atoms with Crippen molar-refractivity contribution in [2.75, 3.05) is 0 Å². The molecule has 0 atom stereocenters. The maximum Gasteiger partial charge on any atom is 0.387 e. The van der Waals surface area contributed by atoms with Crippen molar-refractivity contribution < 1.29 is 18.3 Å². The zero-order chi connectivity index (χ0) is 12.0. The molecule has 0 aliphatic heterocycles. The van der Waals surface area contributed by atoms with Gasteiger partial charge in [-0.1, -0.05) is 0 Å². The number of nitrogens with zero attached hydrogens (tertiary/aromatic N) is 1. The lowest BCUT2D eigenvalue weighted by Crippen LogP contribution is -2.05. The molecular formula is C11H9F2NO2. The van der Waals surface area contributed by atoms with E-state index in [1.54, 1.807) is 0 Å². The van der Waals surface area contributed by atoms with Crippen molar-refractivity contribution in [3.8, 4) is 11.8 Å². The van der Waals surface area contributed by atoms with Gasteiger partial charge in [0.05, 0.1) is 11.6 Å². The number of aryl methyl sites for hydroxylation is 1. The van der Waals surface area contributed by atoms with E-state index in [2.05, 4.69) is 4.74 Å². The molecule has 0 saturated heterocycles. The SMILES string of the molecule is N#Cc1ccc(OC(F)F)c(CCC=O)c1. The second-order valence-electron chi connectivity index (χ2n) is 3.02. The van der Waals surface area contributed by atoms with Gasteiger partial charge in [0.15, 0.2) is 0 Å². The molecule has 1 rings (SSSR count). The number of halogens is 2. The lowest BCUT2D eigenvalue weighted by molar-refractivity contribution is -0.107. The molecular weight excluding hydrogens is 216 g/mol. The quantitative estimate of drug-likeness (QED) is 0.722. The van der Waals surface area contributed by atoms with Crippen molar-refractivity contribution >= 4 is 6.29 Å². The fourth-order valence-electron chi connectivity index (χ4n) is 1.27. The first-order chi connectivity index (χ1) is 7.67. The van der Waals surface area contributed by atoms with Crippen LogP contribution in [0.3, 0.4) is 0 Å². The maximum absolute atomic E-state index is 12.0. The highest BCUT2D eigenvalue weighted by Crippen LogP contribution is 2.23. The molecule has 0 aliphatic carbocycles. The summed E-state index contributed by atoms with van der Waals surface area (Å²) in [6.07, 6.45) is 1.17. The van der Waals surface area contributed by atoms with Crippen molar-refractivity contribution in [1.29, 1.82) is 5.26 Å². The van der Waals surface area contributed by atoms with Crippen LogP contribution in [-0.4, -0.2) is 12.9 Å². The molecule has 0 saturated carbocycles. The van der Waals surface area contributed by atoms with Crippen molar-refractivity contribution in [2.24, 2.45) is 0 Å². The summed E-state index contributed by atoms with van der Waals surface area (Å²) in [6.45, 7) is -2.91.